The molecule has 0 heterocycles. The molecule has 2 rings (SSSR count). The molecule has 2 aromatic rings. The van der Waals surface area contributed by atoms with Crippen LogP contribution in [0.4, 0.5) is 0 Å². The molecule has 0 fully saturated rings. The lowest BCUT2D eigenvalue weighted by Gasteiger charge is -2.20. The van der Waals surface area contributed by atoms with Crippen LogP contribution in [0.15, 0.2) is 30.3 Å². The second-order valence-corrected chi connectivity index (χ2v) is 5.48. The fraction of sp³-hybridized carbons (Fsp3) is 0.333. The van der Waals surface area contributed by atoms with Crippen molar-refractivity contribution in [1.82, 2.24) is 0 Å². The number of nitro groups is 1. The van der Waals surface area contributed by atoms with E-state index in [1.807, 2.05) is 0 Å². The fourth-order valence-electron chi connectivity index (χ4n) is 2.77. The Labute approximate surface area is 151 Å². The monoisotopic (exact) mass is 363 g/mol. The second kappa shape index (κ2) is 8.28. The van der Waals surface area contributed by atoms with Crippen LogP contribution in [0.3, 0.4) is 0 Å². The Kier molecular flexibility index (Phi) is 6.11. The zero-order chi connectivity index (χ0) is 19.3. The van der Waals surface area contributed by atoms with Gasteiger partial charge in [-0.25, -0.2) is 0 Å². The van der Waals surface area contributed by atoms with Crippen molar-refractivity contribution in [1.29, 1.82) is 0 Å². The fourth-order valence-corrected chi connectivity index (χ4v) is 2.77. The molecule has 0 saturated carbocycles. The molecule has 0 aromatic heterocycles. The molecule has 0 aliphatic carbocycles. The van der Waals surface area contributed by atoms with Crippen molar-refractivity contribution in [3.8, 4) is 28.7 Å². The maximum absolute atomic E-state index is 11.3. The third kappa shape index (κ3) is 4.08. The van der Waals surface area contributed by atoms with E-state index in [0.717, 1.165) is 0 Å². The molecule has 0 aliphatic rings. The number of phenols is 1. The zero-order valence-corrected chi connectivity index (χ0v) is 15.0. The number of rotatable bonds is 8. The zero-order valence-electron chi connectivity index (χ0n) is 15.0. The summed E-state index contributed by atoms with van der Waals surface area (Å²) in [6.07, 6.45) is 0. The van der Waals surface area contributed by atoms with Crippen molar-refractivity contribution in [3.05, 3.63) is 51.6 Å². The van der Waals surface area contributed by atoms with Crippen molar-refractivity contribution in [2.24, 2.45) is 0 Å². The highest BCUT2D eigenvalue weighted by molar-refractivity contribution is 5.56. The second-order valence-electron chi connectivity index (χ2n) is 5.48. The average molecular weight is 363 g/mol. The molecule has 0 amide bonds. The molecule has 140 valence electrons. The molecule has 1 N–H and O–H groups in total. The third-order valence-corrected chi connectivity index (χ3v) is 4.01. The van der Waals surface area contributed by atoms with Crippen molar-refractivity contribution in [3.63, 3.8) is 0 Å². The Balaban J connectivity index is 2.68. The van der Waals surface area contributed by atoms with Crippen LogP contribution in [0, 0.1) is 10.1 Å². The summed E-state index contributed by atoms with van der Waals surface area (Å²) in [6.45, 7) is -0.452. The lowest BCUT2D eigenvalue weighted by atomic mass is 9.89. The van der Waals surface area contributed by atoms with Crippen molar-refractivity contribution >= 4 is 0 Å². The highest BCUT2D eigenvalue weighted by Crippen LogP contribution is 2.42. The summed E-state index contributed by atoms with van der Waals surface area (Å²) in [5.74, 6) is 0.700. The van der Waals surface area contributed by atoms with Gasteiger partial charge in [0.05, 0.1) is 39.9 Å². The number of phenolic OH excluding ortho intramolecular Hbond substituents is 1. The van der Waals surface area contributed by atoms with Crippen molar-refractivity contribution < 1.29 is 29.0 Å². The smallest absolute Gasteiger partial charge is 0.214 e. The molecule has 0 spiro atoms. The highest BCUT2D eigenvalue weighted by atomic mass is 16.6. The Morgan fingerprint density at radius 2 is 1.46 bits per heavy atom. The number of ether oxygens (including phenoxy) is 4. The number of nitrogens with zero attached hydrogens (tertiary/aromatic N) is 1. The van der Waals surface area contributed by atoms with Crippen LogP contribution in [0.25, 0.3) is 0 Å². The van der Waals surface area contributed by atoms with Gasteiger partial charge in [0, 0.05) is 23.1 Å². The summed E-state index contributed by atoms with van der Waals surface area (Å²) in [5, 5.41) is 21.8. The molecule has 0 aliphatic heterocycles. The Hall–Kier alpha value is -3.16. The average Bonchev–Trinajstić information content (AvgIpc) is 2.64. The minimum absolute atomic E-state index is 0.158. The number of methoxy groups -OCH3 is 4. The van der Waals surface area contributed by atoms with Gasteiger partial charge in [-0.05, 0) is 17.7 Å². The van der Waals surface area contributed by atoms with Crippen LogP contribution < -0.4 is 18.9 Å². The van der Waals surface area contributed by atoms with Gasteiger partial charge in [0.25, 0.3) is 0 Å². The van der Waals surface area contributed by atoms with Gasteiger partial charge in [-0.15, -0.1) is 0 Å². The number of benzene rings is 2. The van der Waals surface area contributed by atoms with Gasteiger partial charge in [-0.1, -0.05) is 0 Å². The molecule has 2 aromatic carbocycles. The Bertz CT molecular complexity index is 769. The van der Waals surface area contributed by atoms with E-state index in [9.17, 15) is 15.2 Å². The molecular formula is C18H21NO7. The number of hydrogen-bond acceptors (Lipinski definition) is 7. The first-order valence-electron chi connectivity index (χ1n) is 7.73. The molecule has 8 nitrogen and oxygen atoms in total. The minimum Gasteiger partial charge on any atom is -0.507 e. The third-order valence-electron chi connectivity index (χ3n) is 4.01. The quantitative estimate of drug-likeness (QED) is 0.568. The summed E-state index contributed by atoms with van der Waals surface area (Å²) >= 11 is 0. The van der Waals surface area contributed by atoms with Crippen molar-refractivity contribution in [2.45, 2.75) is 5.92 Å². The first kappa shape index (κ1) is 19.2. The Morgan fingerprint density at radius 1 is 0.923 bits per heavy atom. The van der Waals surface area contributed by atoms with E-state index in [2.05, 4.69) is 0 Å². The lowest BCUT2D eigenvalue weighted by molar-refractivity contribution is -0.481. The molecule has 0 bridgehead atoms. The summed E-state index contributed by atoms with van der Waals surface area (Å²) in [7, 11) is 5.86. The van der Waals surface area contributed by atoms with Gasteiger partial charge in [0.2, 0.25) is 6.54 Å². The summed E-state index contributed by atoms with van der Waals surface area (Å²) in [4.78, 5) is 10.9. The number of hydrogen-bond donors (Lipinski definition) is 1. The molecule has 8 heteroatoms. The van der Waals surface area contributed by atoms with Gasteiger partial charge in [-0.3, -0.25) is 10.1 Å². The van der Waals surface area contributed by atoms with E-state index in [-0.39, 0.29) is 11.5 Å². The standard InChI is InChI=1S/C18H21NO7/c1-23-12-5-11(6-13(7-12)24-2)15(10-19(21)22)18-16(20)8-14(25-3)9-17(18)26-4/h5-9,15,20H,10H2,1-4H3/t15-/m1/s1. The van der Waals surface area contributed by atoms with E-state index in [4.69, 9.17) is 18.9 Å². The van der Waals surface area contributed by atoms with E-state index in [1.54, 1.807) is 24.3 Å². The van der Waals surface area contributed by atoms with E-state index in [1.165, 1.54) is 34.5 Å². The van der Waals surface area contributed by atoms with Gasteiger partial charge < -0.3 is 24.1 Å². The van der Waals surface area contributed by atoms with E-state index in [0.29, 0.717) is 28.4 Å². The topological polar surface area (TPSA) is 100 Å². The molecule has 0 saturated heterocycles. The summed E-state index contributed by atoms with van der Waals surface area (Å²) < 4.78 is 21.0. The summed E-state index contributed by atoms with van der Waals surface area (Å²) in [5.41, 5.74) is 0.844. The maximum Gasteiger partial charge on any atom is 0.214 e. The van der Waals surface area contributed by atoms with Crippen LogP contribution in [0.2, 0.25) is 0 Å². The first-order chi connectivity index (χ1) is 12.4. The normalized spacial score (nSPS) is 11.5. The van der Waals surface area contributed by atoms with Crippen LogP contribution in [-0.2, 0) is 0 Å². The van der Waals surface area contributed by atoms with Crippen molar-refractivity contribution in [2.75, 3.05) is 35.0 Å². The summed E-state index contributed by atoms with van der Waals surface area (Å²) in [6, 6.07) is 7.96. The molecule has 0 radical (unpaired) electrons. The highest BCUT2D eigenvalue weighted by Gasteiger charge is 2.28. The number of aromatic hydroxyl groups is 1. The molecule has 26 heavy (non-hydrogen) atoms. The first-order valence-corrected chi connectivity index (χ1v) is 7.73. The Morgan fingerprint density at radius 3 is 1.92 bits per heavy atom. The molecule has 1 atom stereocenters. The predicted octanol–water partition coefficient (Wildman–Crippen LogP) is 2.84. The lowest BCUT2D eigenvalue weighted by Crippen LogP contribution is -2.15. The minimum atomic E-state index is -0.783. The largest absolute Gasteiger partial charge is 0.507 e. The van der Waals surface area contributed by atoms with Crippen LogP contribution in [-0.4, -0.2) is 45.0 Å². The van der Waals surface area contributed by atoms with Gasteiger partial charge in [0.15, 0.2) is 0 Å². The predicted molar refractivity (Wildman–Crippen MR) is 94.5 cm³/mol. The van der Waals surface area contributed by atoms with E-state index >= 15 is 0 Å². The molecular weight excluding hydrogens is 342 g/mol. The molecule has 0 unspecified atom stereocenters. The van der Waals surface area contributed by atoms with E-state index < -0.39 is 17.4 Å². The van der Waals surface area contributed by atoms with Crippen LogP contribution in [0.1, 0.15) is 17.0 Å². The van der Waals surface area contributed by atoms with Gasteiger partial charge >= 0.3 is 0 Å². The van der Waals surface area contributed by atoms with Crippen LogP contribution >= 0.6 is 0 Å². The maximum atomic E-state index is 11.3. The van der Waals surface area contributed by atoms with Gasteiger partial charge in [-0.2, -0.15) is 0 Å². The van der Waals surface area contributed by atoms with Gasteiger partial charge in [0.1, 0.15) is 28.7 Å². The van der Waals surface area contributed by atoms with Crippen LogP contribution in [0.5, 0.6) is 28.7 Å². The SMILES string of the molecule is COc1cc(OC)cc([C@@H](C[N+](=O)[O-])c2c(O)cc(OC)cc2OC)c1.